The van der Waals surface area contributed by atoms with E-state index in [1.54, 1.807) is 0 Å². The van der Waals surface area contributed by atoms with E-state index >= 15 is 0 Å². The minimum Gasteiger partial charge on any atom is -0.353 e. The second-order valence-corrected chi connectivity index (χ2v) is 5.81. The summed E-state index contributed by atoms with van der Waals surface area (Å²) in [6.45, 7) is 4.01. The van der Waals surface area contributed by atoms with Crippen molar-refractivity contribution in [1.82, 2.24) is 0 Å². The Morgan fingerprint density at radius 2 is 2.28 bits per heavy atom. The van der Waals surface area contributed by atoms with Crippen molar-refractivity contribution in [3.05, 3.63) is 39.9 Å². The molecule has 1 spiro atoms. The summed E-state index contributed by atoms with van der Waals surface area (Å²) in [4.78, 5) is 12.4. The molecule has 0 saturated carbocycles. The third kappa shape index (κ3) is 1.56. The Labute approximate surface area is 114 Å². The van der Waals surface area contributed by atoms with Crippen molar-refractivity contribution < 1.29 is 9.53 Å². The molecular weight excluding hydrogens is 294 g/mol. The Morgan fingerprint density at radius 1 is 1.50 bits per heavy atom. The van der Waals surface area contributed by atoms with Gasteiger partial charge in [-0.05, 0) is 26.0 Å². The molecule has 3 rings (SSSR count). The maximum absolute atomic E-state index is 12.4. The van der Waals surface area contributed by atoms with Gasteiger partial charge >= 0.3 is 0 Å². The first-order valence-electron chi connectivity index (χ1n) is 5.98. The lowest BCUT2D eigenvalue weighted by molar-refractivity contribution is -0.147. The molecule has 2 aliphatic heterocycles. The number of amides is 1. The molecule has 0 aliphatic carbocycles. The van der Waals surface area contributed by atoms with Gasteiger partial charge in [0.15, 0.2) is 5.60 Å². The van der Waals surface area contributed by atoms with Crippen LogP contribution in [0, 0.1) is 0 Å². The molecular formula is C14H14BrNO2. The summed E-state index contributed by atoms with van der Waals surface area (Å²) < 4.78 is 6.92. The van der Waals surface area contributed by atoms with Crippen molar-refractivity contribution in [2.75, 3.05) is 5.32 Å². The zero-order valence-electron chi connectivity index (χ0n) is 10.3. The number of carbonyl (C=O) groups excluding carboxylic acids is 1. The van der Waals surface area contributed by atoms with Crippen LogP contribution in [-0.4, -0.2) is 12.0 Å². The van der Waals surface area contributed by atoms with Crippen LogP contribution < -0.4 is 5.32 Å². The van der Waals surface area contributed by atoms with Crippen LogP contribution in [-0.2, 0) is 15.1 Å². The Kier molecular flexibility index (Phi) is 2.61. The van der Waals surface area contributed by atoms with Gasteiger partial charge in [0.2, 0.25) is 0 Å². The van der Waals surface area contributed by atoms with Crippen LogP contribution in [0.15, 0.2) is 34.3 Å². The van der Waals surface area contributed by atoms with Gasteiger partial charge in [0, 0.05) is 22.1 Å². The fourth-order valence-corrected chi connectivity index (χ4v) is 3.59. The van der Waals surface area contributed by atoms with Crippen molar-refractivity contribution in [3.8, 4) is 0 Å². The van der Waals surface area contributed by atoms with E-state index in [1.807, 2.05) is 32.0 Å². The third-order valence-electron chi connectivity index (χ3n) is 3.47. The van der Waals surface area contributed by atoms with Crippen molar-refractivity contribution in [2.24, 2.45) is 0 Å². The number of rotatable bonds is 0. The largest absolute Gasteiger partial charge is 0.353 e. The van der Waals surface area contributed by atoms with E-state index in [0.29, 0.717) is 6.42 Å². The summed E-state index contributed by atoms with van der Waals surface area (Å²) in [6.07, 6.45) is 2.62. The number of hydrogen-bond donors (Lipinski definition) is 1. The number of halogens is 1. The Hall–Kier alpha value is -1.13. The molecule has 3 nitrogen and oxygen atoms in total. The molecule has 94 valence electrons. The molecule has 0 aromatic heterocycles. The number of fused-ring (bicyclic) bond motifs is 2. The minimum absolute atomic E-state index is 0.0532. The van der Waals surface area contributed by atoms with Crippen LogP contribution in [0.1, 0.15) is 25.8 Å². The van der Waals surface area contributed by atoms with Crippen LogP contribution in [0.3, 0.4) is 0 Å². The lowest BCUT2D eigenvalue weighted by Crippen LogP contribution is -2.42. The van der Waals surface area contributed by atoms with Gasteiger partial charge in [-0.3, -0.25) is 4.79 Å². The SMILES string of the molecule is CC1=C[C@@H](C)O[C@@]2(C1)C(=O)Nc1cccc(Br)c12. The number of benzene rings is 1. The maximum atomic E-state index is 12.4. The van der Waals surface area contributed by atoms with E-state index < -0.39 is 5.60 Å². The van der Waals surface area contributed by atoms with E-state index in [9.17, 15) is 4.79 Å². The van der Waals surface area contributed by atoms with E-state index in [4.69, 9.17) is 4.74 Å². The normalized spacial score (nSPS) is 30.1. The first kappa shape index (κ1) is 11.9. The third-order valence-corrected chi connectivity index (χ3v) is 4.13. The maximum Gasteiger partial charge on any atom is 0.261 e. The molecule has 18 heavy (non-hydrogen) atoms. The predicted octanol–water partition coefficient (Wildman–Crippen LogP) is 3.35. The molecule has 0 unspecified atom stereocenters. The second kappa shape index (κ2) is 3.93. The van der Waals surface area contributed by atoms with Crippen LogP contribution in [0.4, 0.5) is 5.69 Å². The molecule has 2 atom stereocenters. The zero-order chi connectivity index (χ0) is 12.9. The topological polar surface area (TPSA) is 38.3 Å². The van der Waals surface area contributed by atoms with Crippen LogP contribution in [0.5, 0.6) is 0 Å². The van der Waals surface area contributed by atoms with E-state index in [-0.39, 0.29) is 12.0 Å². The van der Waals surface area contributed by atoms with Crippen molar-refractivity contribution in [1.29, 1.82) is 0 Å². The number of carbonyl (C=O) groups is 1. The highest BCUT2D eigenvalue weighted by atomic mass is 79.9. The summed E-state index contributed by atoms with van der Waals surface area (Å²) in [5.41, 5.74) is 2.09. The molecule has 4 heteroatoms. The first-order valence-corrected chi connectivity index (χ1v) is 6.78. The summed E-state index contributed by atoms with van der Waals surface area (Å²) in [5.74, 6) is -0.0660. The quantitative estimate of drug-likeness (QED) is 0.746. The second-order valence-electron chi connectivity index (χ2n) is 4.96. The molecule has 1 amide bonds. The van der Waals surface area contributed by atoms with Gasteiger partial charge in [0.1, 0.15) is 0 Å². The van der Waals surface area contributed by atoms with Crippen LogP contribution in [0.2, 0.25) is 0 Å². The van der Waals surface area contributed by atoms with E-state index in [2.05, 4.69) is 27.3 Å². The zero-order valence-corrected chi connectivity index (χ0v) is 11.9. The molecule has 1 aromatic rings. The summed E-state index contributed by atoms with van der Waals surface area (Å²) in [5, 5.41) is 2.92. The van der Waals surface area contributed by atoms with E-state index in [0.717, 1.165) is 15.7 Å². The molecule has 0 saturated heterocycles. The molecule has 1 aromatic carbocycles. The van der Waals surface area contributed by atoms with Gasteiger partial charge < -0.3 is 10.1 Å². The average molecular weight is 308 g/mol. The Bertz CT molecular complexity index is 567. The molecule has 0 radical (unpaired) electrons. The highest BCUT2D eigenvalue weighted by Gasteiger charge is 2.51. The summed E-state index contributed by atoms with van der Waals surface area (Å²) in [7, 11) is 0. The number of nitrogens with one attached hydrogen (secondary N) is 1. The average Bonchev–Trinajstić information content (AvgIpc) is 2.51. The van der Waals surface area contributed by atoms with E-state index in [1.165, 1.54) is 5.57 Å². The fraction of sp³-hybridized carbons (Fsp3) is 0.357. The van der Waals surface area contributed by atoms with Gasteiger partial charge in [-0.1, -0.05) is 33.6 Å². The van der Waals surface area contributed by atoms with Gasteiger partial charge in [-0.2, -0.15) is 0 Å². The van der Waals surface area contributed by atoms with Crippen LogP contribution >= 0.6 is 15.9 Å². The molecule has 0 fully saturated rings. The lowest BCUT2D eigenvalue weighted by Gasteiger charge is -2.35. The van der Waals surface area contributed by atoms with Gasteiger partial charge in [0.25, 0.3) is 5.91 Å². The standard InChI is InChI=1S/C14H14BrNO2/c1-8-6-9(2)18-14(7-8)12-10(15)4-3-5-11(12)16-13(14)17/h3-6,9H,7H2,1-2H3,(H,16,17)/t9-,14-/m1/s1. The summed E-state index contributed by atoms with van der Waals surface area (Å²) >= 11 is 3.53. The highest BCUT2D eigenvalue weighted by molar-refractivity contribution is 9.10. The van der Waals surface area contributed by atoms with Gasteiger partial charge in [0.05, 0.1) is 6.10 Å². The Balaban J connectivity index is 2.20. The first-order chi connectivity index (χ1) is 8.53. The van der Waals surface area contributed by atoms with Crippen molar-refractivity contribution in [2.45, 2.75) is 32.0 Å². The number of anilines is 1. The Morgan fingerprint density at radius 3 is 3.00 bits per heavy atom. The number of ether oxygens (including phenoxy) is 1. The highest BCUT2D eigenvalue weighted by Crippen LogP contribution is 2.48. The summed E-state index contributed by atoms with van der Waals surface area (Å²) in [6, 6.07) is 5.77. The monoisotopic (exact) mass is 307 g/mol. The van der Waals surface area contributed by atoms with Gasteiger partial charge in [-0.25, -0.2) is 0 Å². The lowest BCUT2D eigenvalue weighted by atomic mass is 9.86. The van der Waals surface area contributed by atoms with Crippen molar-refractivity contribution in [3.63, 3.8) is 0 Å². The van der Waals surface area contributed by atoms with Gasteiger partial charge in [-0.15, -0.1) is 0 Å². The predicted molar refractivity (Wildman–Crippen MR) is 73.4 cm³/mol. The minimum atomic E-state index is -0.867. The molecule has 2 heterocycles. The van der Waals surface area contributed by atoms with Crippen LogP contribution in [0.25, 0.3) is 0 Å². The van der Waals surface area contributed by atoms with Crippen molar-refractivity contribution >= 4 is 27.5 Å². The molecule has 1 N–H and O–H groups in total. The molecule has 2 aliphatic rings. The fourth-order valence-electron chi connectivity index (χ4n) is 2.90. The number of hydrogen-bond acceptors (Lipinski definition) is 2. The molecule has 0 bridgehead atoms. The smallest absolute Gasteiger partial charge is 0.261 e.